The Morgan fingerprint density at radius 3 is 2.76 bits per heavy atom. The number of nitrogens with zero attached hydrogens (tertiary/aromatic N) is 1. The molecule has 0 bridgehead atoms. The van der Waals surface area contributed by atoms with Gasteiger partial charge in [0.05, 0.1) is 15.5 Å². The Bertz CT molecular complexity index is 490. The molecule has 1 aliphatic rings. The van der Waals surface area contributed by atoms with Gasteiger partial charge in [0.2, 0.25) is 0 Å². The highest BCUT2D eigenvalue weighted by atomic mass is 35.5. The summed E-state index contributed by atoms with van der Waals surface area (Å²) in [7, 11) is 0. The predicted molar refractivity (Wildman–Crippen MR) is 63.1 cm³/mol. The van der Waals surface area contributed by atoms with Gasteiger partial charge in [0.25, 0.3) is 11.6 Å². The van der Waals surface area contributed by atoms with Gasteiger partial charge in [0.15, 0.2) is 0 Å². The molecule has 2 unspecified atom stereocenters. The van der Waals surface area contributed by atoms with E-state index >= 15 is 0 Å². The van der Waals surface area contributed by atoms with Crippen molar-refractivity contribution < 1.29 is 9.72 Å². The van der Waals surface area contributed by atoms with Gasteiger partial charge < -0.3 is 5.32 Å². The van der Waals surface area contributed by atoms with E-state index in [9.17, 15) is 14.9 Å². The lowest BCUT2D eigenvalue weighted by molar-refractivity contribution is -0.384. The van der Waals surface area contributed by atoms with Gasteiger partial charge in [-0.15, -0.1) is 0 Å². The maximum absolute atomic E-state index is 11.8. The number of halogens is 1. The van der Waals surface area contributed by atoms with Crippen LogP contribution in [0.25, 0.3) is 0 Å². The first-order chi connectivity index (χ1) is 7.99. The Kier molecular flexibility index (Phi) is 3.02. The number of rotatable bonds is 3. The van der Waals surface area contributed by atoms with Gasteiger partial charge in [-0.1, -0.05) is 18.5 Å². The molecule has 1 aromatic rings. The average Bonchev–Trinajstić information content (AvgIpc) is 2.94. The lowest BCUT2D eigenvalue weighted by Crippen LogP contribution is -2.26. The minimum absolute atomic E-state index is 0.136. The van der Waals surface area contributed by atoms with E-state index in [1.807, 2.05) is 6.92 Å². The van der Waals surface area contributed by atoms with E-state index in [2.05, 4.69) is 5.32 Å². The number of nitro benzene ring substituents is 1. The van der Waals surface area contributed by atoms with E-state index in [0.717, 1.165) is 6.42 Å². The maximum atomic E-state index is 11.8. The summed E-state index contributed by atoms with van der Waals surface area (Å²) in [4.78, 5) is 21.9. The Hall–Kier alpha value is -1.62. The minimum Gasteiger partial charge on any atom is -0.349 e. The molecule has 17 heavy (non-hydrogen) atoms. The van der Waals surface area contributed by atoms with Crippen molar-refractivity contribution in [3.63, 3.8) is 0 Å². The van der Waals surface area contributed by atoms with Crippen LogP contribution in [0.2, 0.25) is 5.02 Å². The van der Waals surface area contributed by atoms with E-state index < -0.39 is 4.92 Å². The normalized spacial score (nSPS) is 22.0. The fourth-order valence-electron chi connectivity index (χ4n) is 1.57. The molecule has 90 valence electrons. The summed E-state index contributed by atoms with van der Waals surface area (Å²) >= 11 is 5.85. The van der Waals surface area contributed by atoms with Crippen molar-refractivity contribution in [2.75, 3.05) is 0 Å². The highest BCUT2D eigenvalue weighted by molar-refractivity contribution is 6.34. The molecule has 0 heterocycles. The minimum atomic E-state index is -0.549. The largest absolute Gasteiger partial charge is 0.349 e. The molecule has 0 aliphatic heterocycles. The van der Waals surface area contributed by atoms with Crippen LogP contribution < -0.4 is 5.32 Å². The molecule has 1 aromatic carbocycles. The molecule has 1 N–H and O–H groups in total. The summed E-state index contributed by atoms with van der Waals surface area (Å²) < 4.78 is 0. The molecule has 0 saturated heterocycles. The maximum Gasteiger partial charge on any atom is 0.270 e. The summed E-state index contributed by atoms with van der Waals surface area (Å²) in [6.45, 7) is 2.03. The number of hydrogen-bond donors (Lipinski definition) is 1. The molecule has 1 aliphatic carbocycles. The third-order valence-electron chi connectivity index (χ3n) is 2.83. The Morgan fingerprint density at radius 1 is 1.59 bits per heavy atom. The second-order valence-corrected chi connectivity index (χ2v) is 4.62. The van der Waals surface area contributed by atoms with Crippen LogP contribution in [0.3, 0.4) is 0 Å². The lowest BCUT2D eigenvalue weighted by atomic mass is 10.2. The number of amides is 1. The zero-order chi connectivity index (χ0) is 12.6. The number of benzene rings is 1. The first kappa shape index (κ1) is 11.9. The molecular weight excluding hydrogens is 244 g/mol. The van der Waals surface area contributed by atoms with Crippen LogP contribution in [0.4, 0.5) is 5.69 Å². The monoisotopic (exact) mass is 254 g/mol. The average molecular weight is 255 g/mol. The van der Waals surface area contributed by atoms with Gasteiger partial charge in [-0.25, -0.2) is 0 Å². The van der Waals surface area contributed by atoms with Crippen molar-refractivity contribution in [3.8, 4) is 0 Å². The quantitative estimate of drug-likeness (QED) is 0.665. The van der Waals surface area contributed by atoms with Crippen LogP contribution in [0.5, 0.6) is 0 Å². The fraction of sp³-hybridized carbons (Fsp3) is 0.364. The summed E-state index contributed by atoms with van der Waals surface area (Å²) in [5.41, 5.74) is 0.0170. The summed E-state index contributed by atoms with van der Waals surface area (Å²) in [5, 5.41) is 13.6. The number of hydrogen-bond acceptors (Lipinski definition) is 3. The van der Waals surface area contributed by atoms with Crippen LogP contribution in [-0.2, 0) is 0 Å². The second kappa shape index (κ2) is 4.33. The van der Waals surface area contributed by atoms with E-state index in [1.54, 1.807) is 0 Å². The second-order valence-electron chi connectivity index (χ2n) is 4.21. The van der Waals surface area contributed by atoms with Crippen LogP contribution in [0.15, 0.2) is 18.2 Å². The number of non-ortho nitro benzene ring substituents is 1. The van der Waals surface area contributed by atoms with Crippen LogP contribution in [0, 0.1) is 16.0 Å². The van der Waals surface area contributed by atoms with Gasteiger partial charge in [-0.3, -0.25) is 14.9 Å². The molecule has 0 radical (unpaired) electrons. The van der Waals surface area contributed by atoms with Gasteiger partial charge in [0, 0.05) is 18.2 Å². The Labute approximate surface area is 103 Å². The van der Waals surface area contributed by atoms with Gasteiger partial charge >= 0.3 is 0 Å². The summed E-state index contributed by atoms with van der Waals surface area (Å²) in [6.07, 6.45) is 0.943. The molecule has 0 spiro atoms. The standard InChI is InChI=1S/C11H11ClN2O3/c1-6-4-10(6)13-11(15)8-5-7(14(16)17)2-3-9(8)12/h2-3,5-6,10H,4H2,1H3,(H,13,15). The van der Waals surface area contributed by atoms with Crippen molar-refractivity contribution in [1.29, 1.82) is 0 Å². The van der Waals surface area contributed by atoms with Gasteiger partial charge in [0.1, 0.15) is 0 Å². The molecule has 1 amide bonds. The molecule has 6 heteroatoms. The third-order valence-corrected chi connectivity index (χ3v) is 3.16. The molecule has 1 fully saturated rings. The smallest absolute Gasteiger partial charge is 0.270 e. The molecule has 0 aromatic heterocycles. The van der Waals surface area contributed by atoms with Crippen molar-refractivity contribution in [2.24, 2.45) is 5.92 Å². The zero-order valence-electron chi connectivity index (χ0n) is 9.14. The Morgan fingerprint density at radius 2 is 2.24 bits per heavy atom. The first-order valence-electron chi connectivity index (χ1n) is 5.24. The van der Waals surface area contributed by atoms with Crippen molar-refractivity contribution in [3.05, 3.63) is 38.9 Å². The number of carbonyl (C=O) groups is 1. The van der Waals surface area contributed by atoms with Gasteiger partial charge in [-0.2, -0.15) is 0 Å². The predicted octanol–water partition coefficient (Wildman–Crippen LogP) is 2.39. The topological polar surface area (TPSA) is 72.2 Å². The van der Waals surface area contributed by atoms with Crippen molar-refractivity contribution >= 4 is 23.2 Å². The molecule has 2 rings (SSSR count). The van der Waals surface area contributed by atoms with E-state index in [1.165, 1.54) is 18.2 Å². The Balaban J connectivity index is 2.21. The number of carbonyl (C=O) groups excluding carboxylic acids is 1. The van der Waals surface area contributed by atoms with Gasteiger partial charge in [-0.05, 0) is 18.4 Å². The van der Waals surface area contributed by atoms with E-state index in [0.29, 0.717) is 5.92 Å². The van der Waals surface area contributed by atoms with E-state index in [4.69, 9.17) is 11.6 Å². The lowest BCUT2D eigenvalue weighted by Gasteiger charge is -2.05. The van der Waals surface area contributed by atoms with Crippen molar-refractivity contribution in [1.82, 2.24) is 5.32 Å². The molecule has 2 atom stereocenters. The van der Waals surface area contributed by atoms with Crippen LogP contribution in [-0.4, -0.2) is 16.9 Å². The highest BCUT2D eigenvalue weighted by Gasteiger charge is 2.34. The first-order valence-corrected chi connectivity index (χ1v) is 5.61. The number of nitro groups is 1. The molecular formula is C11H11ClN2O3. The number of nitrogens with one attached hydrogen (secondary N) is 1. The molecule has 5 nitrogen and oxygen atoms in total. The summed E-state index contributed by atoms with van der Waals surface area (Å²) in [6, 6.07) is 4.01. The van der Waals surface area contributed by atoms with Crippen molar-refractivity contribution in [2.45, 2.75) is 19.4 Å². The zero-order valence-corrected chi connectivity index (χ0v) is 9.90. The summed E-state index contributed by atoms with van der Waals surface area (Å²) in [5.74, 6) is 0.115. The third kappa shape index (κ3) is 2.55. The molecule has 1 saturated carbocycles. The fourth-order valence-corrected chi connectivity index (χ4v) is 1.77. The SMILES string of the molecule is CC1CC1NC(=O)c1cc([N+](=O)[O-])ccc1Cl. The highest BCUT2D eigenvalue weighted by Crippen LogP contribution is 2.30. The van der Waals surface area contributed by atoms with Crippen LogP contribution in [0.1, 0.15) is 23.7 Å². The van der Waals surface area contributed by atoms with Crippen LogP contribution >= 0.6 is 11.6 Å². The van der Waals surface area contributed by atoms with E-state index in [-0.39, 0.29) is 28.2 Å².